The zero-order chi connectivity index (χ0) is 12.1. The van der Waals surface area contributed by atoms with E-state index in [-0.39, 0.29) is 5.91 Å². The number of carbonyl (C=O) groups is 1. The van der Waals surface area contributed by atoms with E-state index >= 15 is 0 Å². The molecule has 0 fully saturated rings. The van der Waals surface area contributed by atoms with Gasteiger partial charge in [0.1, 0.15) is 5.82 Å². The van der Waals surface area contributed by atoms with Crippen LogP contribution in [0.1, 0.15) is 5.56 Å². The van der Waals surface area contributed by atoms with Gasteiger partial charge in [0.2, 0.25) is 5.91 Å². The molecule has 0 atom stereocenters. The standard InChI is InChI=1S/C11H18N4O/c1-14(2)11(16)8-15(3)10-5-4-9(6-12)7-13-10/h4-5,7H,6,8,12H2,1-3H3. The first kappa shape index (κ1) is 12.4. The lowest BCUT2D eigenvalue weighted by Crippen LogP contribution is -2.34. The number of hydrogen-bond acceptors (Lipinski definition) is 4. The highest BCUT2D eigenvalue weighted by molar-refractivity contribution is 5.80. The summed E-state index contributed by atoms with van der Waals surface area (Å²) in [5.74, 6) is 0.819. The fourth-order valence-corrected chi connectivity index (χ4v) is 1.19. The molecule has 0 saturated carbocycles. The van der Waals surface area contributed by atoms with Crippen molar-refractivity contribution < 1.29 is 4.79 Å². The minimum atomic E-state index is 0.0483. The van der Waals surface area contributed by atoms with E-state index in [9.17, 15) is 4.79 Å². The number of pyridine rings is 1. The summed E-state index contributed by atoms with van der Waals surface area (Å²) in [7, 11) is 5.31. The van der Waals surface area contributed by atoms with Gasteiger partial charge in [-0.2, -0.15) is 0 Å². The Bertz CT molecular complexity index is 348. The zero-order valence-electron chi connectivity index (χ0n) is 9.97. The molecule has 5 nitrogen and oxygen atoms in total. The van der Waals surface area contributed by atoms with Gasteiger partial charge in [-0.3, -0.25) is 4.79 Å². The van der Waals surface area contributed by atoms with E-state index in [1.807, 2.05) is 24.1 Å². The highest BCUT2D eigenvalue weighted by Gasteiger charge is 2.09. The Morgan fingerprint density at radius 1 is 1.38 bits per heavy atom. The second-order valence-corrected chi connectivity index (χ2v) is 3.87. The Morgan fingerprint density at radius 2 is 2.06 bits per heavy atom. The van der Waals surface area contributed by atoms with Crippen LogP contribution in [0.3, 0.4) is 0 Å². The van der Waals surface area contributed by atoms with Crippen molar-refractivity contribution in [2.75, 3.05) is 32.6 Å². The molecule has 0 bridgehead atoms. The molecule has 0 aliphatic rings. The molecule has 0 saturated heterocycles. The maximum Gasteiger partial charge on any atom is 0.241 e. The molecule has 2 N–H and O–H groups in total. The molecule has 1 rings (SSSR count). The van der Waals surface area contributed by atoms with Crippen LogP contribution >= 0.6 is 0 Å². The lowest BCUT2D eigenvalue weighted by atomic mass is 10.3. The third-order valence-electron chi connectivity index (χ3n) is 2.31. The molecular formula is C11H18N4O. The van der Waals surface area contributed by atoms with Gasteiger partial charge in [-0.25, -0.2) is 4.98 Å². The summed E-state index contributed by atoms with van der Waals surface area (Å²) in [4.78, 5) is 19.1. The van der Waals surface area contributed by atoms with Gasteiger partial charge in [0, 0.05) is 33.9 Å². The summed E-state index contributed by atoms with van der Waals surface area (Å²) in [5.41, 5.74) is 6.46. The number of likely N-dealkylation sites (N-methyl/N-ethyl adjacent to an activating group) is 2. The normalized spacial score (nSPS) is 10.0. The molecule has 0 unspecified atom stereocenters. The van der Waals surface area contributed by atoms with Crippen LogP contribution in [0.4, 0.5) is 5.82 Å². The monoisotopic (exact) mass is 222 g/mol. The van der Waals surface area contributed by atoms with Gasteiger partial charge in [-0.15, -0.1) is 0 Å². The third kappa shape index (κ3) is 3.20. The minimum Gasteiger partial charge on any atom is -0.350 e. The molecule has 1 amide bonds. The first-order chi connectivity index (χ1) is 7.54. The van der Waals surface area contributed by atoms with E-state index in [1.165, 1.54) is 0 Å². The van der Waals surface area contributed by atoms with Crippen LogP contribution in [0.2, 0.25) is 0 Å². The molecule has 1 heterocycles. The predicted molar refractivity (Wildman–Crippen MR) is 64.1 cm³/mol. The Labute approximate surface area is 95.9 Å². The molecular weight excluding hydrogens is 204 g/mol. The topological polar surface area (TPSA) is 62.5 Å². The second kappa shape index (κ2) is 5.46. The number of amides is 1. The highest BCUT2D eigenvalue weighted by atomic mass is 16.2. The molecule has 0 radical (unpaired) electrons. The molecule has 16 heavy (non-hydrogen) atoms. The lowest BCUT2D eigenvalue weighted by Gasteiger charge is -2.20. The van der Waals surface area contributed by atoms with Crippen LogP contribution in [0.15, 0.2) is 18.3 Å². The molecule has 0 aliphatic carbocycles. The van der Waals surface area contributed by atoms with Crippen molar-refractivity contribution in [1.82, 2.24) is 9.88 Å². The average Bonchev–Trinajstić information content (AvgIpc) is 2.28. The fraction of sp³-hybridized carbons (Fsp3) is 0.455. The number of carbonyl (C=O) groups excluding carboxylic acids is 1. The van der Waals surface area contributed by atoms with Crippen LogP contribution in [0.5, 0.6) is 0 Å². The number of nitrogens with two attached hydrogens (primary N) is 1. The molecule has 88 valence electrons. The molecule has 5 heteroatoms. The molecule has 1 aromatic heterocycles. The van der Waals surface area contributed by atoms with Crippen molar-refractivity contribution in [3.8, 4) is 0 Å². The van der Waals surface area contributed by atoms with Crippen LogP contribution in [0, 0.1) is 0 Å². The molecule has 1 aromatic rings. The van der Waals surface area contributed by atoms with E-state index in [4.69, 9.17) is 5.73 Å². The number of nitrogens with zero attached hydrogens (tertiary/aromatic N) is 3. The van der Waals surface area contributed by atoms with Crippen molar-refractivity contribution in [1.29, 1.82) is 0 Å². The third-order valence-corrected chi connectivity index (χ3v) is 2.31. The van der Waals surface area contributed by atoms with Crippen molar-refractivity contribution in [2.24, 2.45) is 5.73 Å². The average molecular weight is 222 g/mol. The van der Waals surface area contributed by atoms with Gasteiger partial charge >= 0.3 is 0 Å². The summed E-state index contributed by atoms with van der Waals surface area (Å²) in [5, 5.41) is 0. The highest BCUT2D eigenvalue weighted by Crippen LogP contribution is 2.09. The molecule has 0 aliphatic heterocycles. The SMILES string of the molecule is CN(C)C(=O)CN(C)c1ccc(CN)cn1. The minimum absolute atomic E-state index is 0.0483. The Morgan fingerprint density at radius 3 is 2.50 bits per heavy atom. The number of rotatable bonds is 4. The summed E-state index contributed by atoms with van der Waals surface area (Å²) in [6, 6.07) is 3.78. The summed E-state index contributed by atoms with van der Waals surface area (Å²) < 4.78 is 0. The van der Waals surface area contributed by atoms with E-state index in [2.05, 4.69) is 4.98 Å². The van der Waals surface area contributed by atoms with Crippen molar-refractivity contribution >= 4 is 11.7 Å². The van der Waals surface area contributed by atoms with Crippen molar-refractivity contribution in [3.05, 3.63) is 23.9 Å². The van der Waals surface area contributed by atoms with Crippen LogP contribution in [-0.2, 0) is 11.3 Å². The van der Waals surface area contributed by atoms with Gasteiger partial charge < -0.3 is 15.5 Å². The van der Waals surface area contributed by atoms with Crippen molar-refractivity contribution in [3.63, 3.8) is 0 Å². The summed E-state index contributed by atoms with van der Waals surface area (Å²) >= 11 is 0. The largest absolute Gasteiger partial charge is 0.350 e. The molecule has 0 spiro atoms. The first-order valence-corrected chi connectivity index (χ1v) is 5.11. The van der Waals surface area contributed by atoms with Crippen LogP contribution < -0.4 is 10.6 Å². The van der Waals surface area contributed by atoms with Gasteiger partial charge in [0.15, 0.2) is 0 Å². The molecule has 0 aromatic carbocycles. The van der Waals surface area contributed by atoms with E-state index in [0.717, 1.165) is 11.4 Å². The lowest BCUT2D eigenvalue weighted by molar-refractivity contribution is -0.127. The fourth-order valence-electron chi connectivity index (χ4n) is 1.19. The van der Waals surface area contributed by atoms with Crippen LogP contribution in [-0.4, -0.2) is 43.5 Å². The Hall–Kier alpha value is -1.62. The van der Waals surface area contributed by atoms with Gasteiger partial charge in [-0.05, 0) is 11.6 Å². The number of anilines is 1. The predicted octanol–water partition coefficient (Wildman–Crippen LogP) is 0.0647. The Kier molecular flexibility index (Phi) is 4.25. The summed E-state index contributed by atoms with van der Waals surface area (Å²) in [6.07, 6.45) is 1.73. The van der Waals surface area contributed by atoms with Gasteiger partial charge in [0.05, 0.1) is 6.54 Å². The number of hydrogen-bond donors (Lipinski definition) is 1. The maximum absolute atomic E-state index is 11.5. The van der Waals surface area contributed by atoms with E-state index in [0.29, 0.717) is 13.1 Å². The summed E-state index contributed by atoms with van der Waals surface area (Å²) in [6.45, 7) is 0.801. The second-order valence-electron chi connectivity index (χ2n) is 3.87. The van der Waals surface area contributed by atoms with E-state index < -0.39 is 0 Å². The van der Waals surface area contributed by atoms with E-state index in [1.54, 1.807) is 25.2 Å². The van der Waals surface area contributed by atoms with Gasteiger partial charge in [0.25, 0.3) is 0 Å². The Balaban J connectivity index is 2.65. The maximum atomic E-state index is 11.5. The number of aromatic nitrogens is 1. The first-order valence-electron chi connectivity index (χ1n) is 5.11. The van der Waals surface area contributed by atoms with Crippen molar-refractivity contribution in [2.45, 2.75) is 6.54 Å². The smallest absolute Gasteiger partial charge is 0.241 e. The van der Waals surface area contributed by atoms with Gasteiger partial charge in [-0.1, -0.05) is 6.07 Å². The quantitative estimate of drug-likeness (QED) is 0.782. The zero-order valence-corrected chi connectivity index (χ0v) is 9.97. The van der Waals surface area contributed by atoms with Crippen LogP contribution in [0.25, 0.3) is 0 Å².